The van der Waals surface area contributed by atoms with Gasteiger partial charge in [-0.2, -0.15) is 13.2 Å². The number of benzene rings is 2. The van der Waals surface area contributed by atoms with E-state index in [0.717, 1.165) is 12.1 Å². The molecule has 0 aliphatic carbocycles. The molecule has 0 bridgehead atoms. The fourth-order valence-corrected chi connectivity index (χ4v) is 2.03. The van der Waals surface area contributed by atoms with Crippen molar-refractivity contribution in [1.29, 1.82) is 0 Å². The Balaban J connectivity index is 2.04. The first-order valence-electron chi connectivity index (χ1n) is 6.66. The van der Waals surface area contributed by atoms with E-state index in [4.69, 9.17) is 10.5 Å². The van der Waals surface area contributed by atoms with Crippen molar-refractivity contribution < 1.29 is 22.3 Å². The molecular weight excluding hydrogens is 298 g/mol. The molecule has 2 rings (SSSR count). The van der Waals surface area contributed by atoms with Gasteiger partial charge in [0.2, 0.25) is 0 Å². The standard InChI is InChI=1S/C16H15F4NO/c17-15-4-2-1-3-14(15)11(9-21)10-22-13-7-5-12(6-8-13)16(18,19)20/h1-8,11H,9-10,21H2. The number of hydrogen-bond donors (Lipinski definition) is 1. The van der Waals surface area contributed by atoms with Crippen molar-refractivity contribution in [2.45, 2.75) is 12.1 Å². The summed E-state index contributed by atoms with van der Waals surface area (Å²) in [5, 5.41) is 0. The van der Waals surface area contributed by atoms with Gasteiger partial charge in [-0.15, -0.1) is 0 Å². The van der Waals surface area contributed by atoms with Gasteiger partial charge in [-0.3, -0.25) is 0 Å². The molecule has 0 aliphatic heterocycles. The lowest BCUT2D eigenvalue weighted by molar-refractivity contribution is -0.137. The Bertz CT molecular complexity index is 610. The Kier molecular flexibility index (Phi) is 5.03. The Morgan fingerprint density at radius 1 is 1.00 bits per heavy atom. The molecule has 0 spiro atoms. The Morgan fingerprint density at radius 2 is 1.64 bits per heavy atom. The van der Waals surface area contributed by atoms with Crippen LogP contribution in [0.25, 0.3) is 0 Å². The minimum Gasteiger partial charge on any atom is -0.493 e. The van der Waals surface area contributed by atoms with Crippen LogP contribution in [0.3, 0.4) is 0 Å². The number of hydrogen-bond acceptors (Lipinski definition) is 2. The third kappa shape index (κ3) is 3.98. The van der Waals surface area contributed by atoms with Crippen molar-refractivity contribution in [2.75, 3.05) is 13.2 Å². The summed E-state index contributed by atoms with van der Waals surface area (Å²) in [6.45, 7) is 0.254. The van der Waals surface area contributed by atoms with Crippen LogP contribution in [0.1, 0.15) is 17.0 Å². The molecule has 2 nitrogen and oxygen atoms in total. The molecule has 118 valence electrons. The molecule has 2 aromatic rings. The third-order valence-electron chi connectivity index (χ3n) is 3.26. The van der Waals surface area contributed by atoms with Crippen molar-refractivity contribution >= 4 is 0 Å². The van der Waals surface area contributed by atoms with E-state index in [9.17, 15) is 17.6 Å². The van der Waals surface area contributed by atoms with Crippen molar-refractivity contribution in [3.63, 3.8) is 0 Å². The molecule has 2 aromatic carbocycles. The van der Waals surface area contributed by atoms with Crippen LogP contribution in [-0.2, 0) is 6.18 Å². The van der Waals surface area contributed by atoms with Crippen LogP contribution < -0.4 is 10.5 Å². The molecule has 1 atom stereocenters. The topological polar surface area (TPSA) is 35.2 Å². The van der Waals surface area contributed by atoms with Crippen molar-refractivity contribution in [1.82, 2.24) is 0 Å². The Morgan fingerprint density at radius 3 is 2.18 bits per heavy atom. The molecule has 2 N–H and O–H groups in total. The Labute approximate surface area is 125 Å². The SMILES string of the molecule is NCC(COc1ccc(C(F)(F)F)cc1)c1ccccc1F. The molecule has 0 aliphatic rings. The quantitative estimate of drug-likeness (QED) is 0.848. The fraction of sp³-hybridized carbons (Fsp3) is 0.250. The first-order valence-corrected chi connectivity index (χ1v) is 6.66. The predicted molar refractivity (Wildman–Crippen MR) is 75.1 cm³/mol. The summed E-state index contributed by atoms with van der Waals surface area (Å²) in [5.74, 6) is -0.472. The molecular formula is C16H15F4NO. The summed E-state index contributed by atoms with van der Waals surface area (Å²) in [5.41, 5.74) is 5.31. The molecule has 0 fully saturated rings. The lowest BCUT2D eigenvalue weighted by atomic mass is 10.00. The van der Waals surface area contributed by atoms with Gasteiger partial charge in [0, 0.05) is 12.5 Å². The molecule has 1 unspecified atom stereocenters. The number of ether oxygens (including phenoxy) is 1. The number of rotatable bonds is 5. The molecule has 0 amide bonds. The van der Waals surface area contributed by atoms with Gasteiger partial charge in [-0.05, 0) is 35.9 Å². The van der Waals surface area contributed by atoms with E-state index < -0.39 is 11.7 Å². The minimum absolute atomic E-state index is 0.0861. The lowest BCUT2D eigenvalue weighted by Crippen LogP contribution is -2.20. The molecule has 0 radical (unpaired) electrons. The average molecular weight is 313 g/mol. The van der Waals surface area contributed by atoms with E-state index in [0.29, 0.717) is 5.56 Å². The van der Waals surface area contributed by atoms with E-state index >= 15 is 0 Å². The summed E-state index contributed by atoms with van der Waals surface area (Å²) in [7, 11) is 0. The van der Waals surface area contributed by atoms with E-state index in [1.807, 2.05) is 0 Å². The molecule has 0 saturated carbocycles. The highest BCUT2D eigenvalue weighted by Gasteiger charge is 2.30. The smallest absolute Gasteiger partial charge is 0.416 e. The maximum absolute atomic E-state index is 13.7. The van der Waals surface area contributed by atoms with Gasteiger partial charge in [0.1, 0.15) is 11.6 Å². The van der Waals surface area contributed by atoms with Gasteiger partial charge >= 0.3 is 6.18 Å². The highest BCUT2D eigenvalue weighted by atomic mass is 19.4. The summed E-state index contributed by atoms with van der Waals surface area (Å²) in [6.07, 6.45) is -4.38. The van der Waals surface area contributed by atoms with Crippen LogP contribution in [0.2, 0.25) is 0 Å². The molecule has 6 heteroatoms. The molecule has 0 heterocycles. The van der Waals surface area contributed by atoms with Gasteiger partial charge in [-0.1, -0.05) is 18.2 Å². The van der Waals surface area contributed by atoms with Gasteiger partial charge in [0.25, 0.3) is 0 Å². The third-order valence-corrected chi connectivity index (χ3v) is 3.26. The van der Waals surface area contributed by atoms with Crippen molar-refractivity contribution in [2.24, 2.45) is 5.73 Å². The van der Waals surface area contributed by atoms with Crippen LogP contribution in [0.15, 0.2) is 48.5 Å². The second kappa shape index (κ2) is 6.79. The maximum Gasteiger partial charge on any atom is 0.416 e. The zero-order valence-electron chi connectivity index (χ0n) is 11.6. The first-order chi connectivity index (χ1) is 10.4. The first kappa shape index (κ1) is 16.3. The normalized spacial score (nSPS) is 13.0. The maximum atomic E-state index is 13.7. The van der Waals surface area contributed by atoms with Gasteiger partial charge in [-0.25, -0.2) is 4.39 Å². The summed E-state index contributed by atoms with van der Waals surface area (Å²) in [6, 6.07) is 10.6. The predicted octanol–water partition coefficient (Wildman–Crippen LogP) is 3.97. The van der Waals surface area contributed by atoms with Crippen LogP contribution in [-0.4, -0.2) is 13.2 Å². The number of halogens is 4. The van der Waals surface area contributed by atoms with Crippen molar-refractivity contribution in [3.8, 4) is 5.75 Å². The summed E-state index contributed by atoms with van der Waals surface area (Å²) in [4.78, 5) is 0. The van der Waals surface area contributed by atoms with Crippen LogP contribution in [0.5, 0.6) is 5.75 Å². The van der Waals surface area contributed by atoms with Gasteiger partial charge in [0.15, 0.2) is 0 Å². The Hall–Kier alpha value is -2.08. The average Bonchev–Trinajstić information content (AvgIpc) is 2.49. The largest absolute Gasteiger partial charge is 0.493 e. The molecule has 0 saturated heterocycles. The zero-order valence-corrected chi connectivity index (χ0v) is 11.6. The fourth-order valence-electron chi connectivity index (χ4n) is 2.03. The molecule has 22 heavy (non-hydrogen) atoms. The summed E-state index contributed by atoms with van der Waals surface area (Å²) < 4.78 is 56.5. The number of nitrogens with two attached hydrogens (primary N) is 1. The van der Waals surface area contributed by atoms with E-state index in [2.05, 4.69) is 0 Å². The van der Waals surface area contributed by atoms with E-state index in [-0.39, 0.29) is 30.6 Å². The highest BCUT2D eigenvalue weighted by Crippen LogP contribution is 2.30. The van der Waals surface area contributed by atoms with Gasteiger partial charge < -0.3 is 10.5 Å². The second-order valence-corrected chi connectivity index (χ2v) is 4.79. The molecule has 0 aromatic heterocycles. The number of alkyl halides is 3. The lowest BCUT2D eigenvalue weighted by Gasteiger charge is -2.17. The van der Waals surface area contributed by atoms with Gasteiger partial charge in [0.05, 0.1) is 12.2 Å². The van der Waals surface area contributed by atoms with Crippen LogP contribution in [0.4, 0.5) is 17.6 Å². The van der Waals surface area contributed by atoms with Crippen LogP contribution >= 0.6 is 0 Å². The summed E-state index contributed by atoms with van der Waals surface area (Å²) >= 11 is 0. The highest BCUT2D eigenvalue weighted by molar-refractivity contribution is 5.29. The van der Waals surface area contributed by atoms with E-state index in [1.165, 1.54) is 18.2 Å². The minimum atomic E-state index is -4.38. The van der Waals surface area contributed by atoms with E-state index in [1.54, 1.807) is 18.2 Å². The van der Waals surface area contributed by atoms with Crippen LogP contribution in [0, 0.1) is 5.82 Å². The van der Waals surface area contributed by atoms with Crippen molar-refractivity contribution in [3.05, 3.63) is 65.5 Å². The second-order valence-electron chi connectivity index (χ2n) is 4.79. The monoisotopic (exact) mass is 313 g/mol. The zero-order chi connectivity index (χ0) is 16.2.